The standard InChI is InChI=1S/C18H12F6/c19-17(20,21)15-10-14(11-16(12-15)18(22,23)24)9-5-4-8-13-6-2-1-3-7-13/h1-12H/b8-4+,9-5+. The molecular formula is C18H12F6. The van der Waals surface area contributed by atoms with Gasteiger partial charge in [-0.3, -0.25) is 0 Å². The lowest BCUT2D eigenvalue weighted by Gasteiger charge is -2.12. The second kappa shape index (κ2) is 6.95. The van der Waals surface area contributed by atoms with Crippen LogP contribution in [-0.2, 0) is 12.4 Å². The first-order valence-electron chi connectivity index (χ1n) is 6.85. The molecule has 2 aromatic carbocycles. The molecule has 0 saturated heterocycles. The van der Waals surface area contributed by atoms with Crippen molar-refractivity contribution in [1.29, 1.82) is 0 Å². The Morgan fingerprint density at radius 2 is 1.04 bits per heavy atom. The lowest BCUT2D eigenvalue weighted by Crippen LogP contribution is -2.11. The predicted octanol–water partition coefficient (Wildman–Crippen LogP) is 6.45. The summed E-state index contributed by atoms with van der Waals surface area (Å²) < 4.78 is 76.4. The van der Waals surface area contributed by atoms with E-state index in [-0.39, 0.29) is 11.6 Å². The van der Waals surface area contributed by atoms with Crippen molar-refractivity contribution < 1.29 is 26.3 Å². The third-order valence-corrected chi connectivity index (χ3v) is 3.10. The predicted molar refractivity (Wildman–Crippen MR) is 81.0 cm³/mol. The topological polar surface area (TPSA) is 0 Å². The van der Waals surface area contributed by atoms with Crippen molar-refractivity contribution in [3.05, 3.63) is 82.9 Å². The van der Waals surface area contributed by atoms with Gasteiger partial charge in [0.2, 0.25) is 0 Å². The number of rotatable bonds is 3. The summed E-state index contributed by atoms with van der Waals surface area (Å²) in [7, 11) is 0. The van der Waals surface area contributed by atoms with E-state index >= 15 is 0 Å². The van der Waals surface area contributed by atoms with Crippen LogP contribution in [0.5, 0.6) is 0 Å². The van der Waals surface area contributed by atoms with Crippen molar-refractivity contribution in [2.45, 2.75) is 12.4 Å². The molecule has 24 heavy (non-hydrogen) atoms. The van der Waals surface area contributed by atoms with Crippen LogP contribution in [0.2, 0.25) is 0 Å². The highest BCUT2D eigenvalue weighted by Crippen LogP contribution is 2.36. The van der Waals surface area contributed by atoms with Gasteiger partial charge in [-0.1, -0.05) is 54.6 Å². The third-order valence-electron chi connectivity index (χ3n) is 3.10. The van der Waals surface area contributed by atoms with E-state index in [0.717, 1.165) is 5.56 Å². The van der Waals surface area contributed by atoms with E-state index in [0.29, 0.717) is 12.1 Å². The number of halogens is 6. The Hall–Kier alpha value is -2.50. The normalized spacial score (nSPS) is 13.1. The molecule has 0 saturated carbocycles. The van der Waals surface area contributed by atoms with Crippen LogP contribution in [0.25, 0.3) is 12.2 Å². The van der Waals surface area contributed by atoms with Gasteiger partial charge in [0, 0.05) is 0 Å². The van der Waals surface area contributed by atoms with Gasteiger partial charge in [0.05, 0.1) is 11.1 Å². The van der Waals surface area contributed by atoms with Crippen LogP contribution in [0.3, 0.4) is 0 Å². The maximum absolute atomic E-state index is 12.7. The van der Waals surface area contributed by atoms with E-state index in [1.54, 1.807) is 12.2 Å². The van der Waals surface area contributed by atoms with Crippen molar-refractivity contribution in [2.75, 3.05) is 0 Å². The summed E-state index contributed by atoms with van der Waals surface area (Å²) in [6.07, 6.45) is -3.86. The first-order valence-corrected chi connectivity index (χ1v) is 6.85. The summed E-state index contributed by atoms with van der Waals surface area (Å²) >= 11 is 0. The zero-order chi connectivity index (χ0) is 17.8. The molecule has 0 radical (unpaired) electrons. The Labute approximate surface area is 134 Å². The maximum atomic E-state index is 12.7. The van der Waals surface area contributed by atoms with Crippen LogP contribution in [0.1, 0.15) is 22.3 Å². The van der Waals surface area contributed by atoms with Gasteiger partial charge in [0.1, 0.15) is 0 Å². The molecule has 0 atom stereocenters. The Bertz CT molecular complexity index is 704. The molecule has 0 unspecified atom stereocenters. The van der Waals surface area contributed by atoms with Crippen LogP contribution in [0.4, 0.5) is 26.3 Å². The Kier molecular flexibility index (Phi) is 5.17. The number of benzene rings is 2. The van der Waals surface area contributed by atoms with Crippen LogP contribution in [0.15, 0.2) is 60.7 Å². The van der Waals surface area contributed by atoms with E-state index < -0.39 is 23.5 Å². The minimum atomic E-state index is -4.84. The monoisotopic (exact) mass is 342 g/mol. The van der Waals surface area contributed by atoms with Crippen molar-refractivity contribution in [3.63, 3.8) is 0 Å². The fourth-order valence-corrected chi connectivity index (χ4v) is 1.97. The highest BCUT2D eigenvalue weighted by molar-refractivity contribution is 5.58. The van der Waals surface area contributed by atoms with E-state index in [9.17, 15) is 26.3 Å². The lowest BCUT2D eigenvalue weighted by atomic mass is 10.0. The second-order valence-corrected chi connectivity index (χ2v) is 4.97. The molecule has 0 heterocycles. The molecule has 6 heteroatoms. The summed E-state index contributed by atoms with van der Waals surface area (Å²) in [5.74, 6) is 0. The molecule has 0 bridgehead atoms. The minimum absolute atomic E-state index is 0.108. The second-order valence-electron chi connectivity index (χ2n) is 4.97. The molecule has 0 fully saturated rings. The third kappa shape index (κ3) is 5.01. The summed E-state index contributed by atoms with van der Waals surface area (Å²) in [6, 6.07) is 10.6. The van der Waals surface area contributed by atoms with E-state index in [4.69, 9.17) is 0 Å². The van der Waals surface area contributed by atoms with Gasteiger partial charge in [0.25, 0.3) is 0 Å². The van der Waals surface area contributed by atoms with Crippen LogP contribution >= 0.6 is 0 Å². The van der Waals surface area contributed by atoms with Gasteiger partial charge in [-0.25, -0.2) is 0 Å². The van der Waals surface area contributed by atoms with Crippen LogP contribution in [0, 0.1) is 0 Å². The largest absolute Gasteiger partial charge is 0.416 e. The molecule has 0 nitrogen and oxygen atoms in total. The number of hydrogen-bond donors (Lipinski definition) is 0. The van der Waals surface area contributed by atoms with E-state index in [2.05, 4.69) is 0 Å². The van der Waals surface area contributed by atoms with Crippen molar-refractivity contribution in [3.8, 4) is 0 Å². The first-order chi connectivity index (χ1) is 11.2. The van der Waals surface area contributed by atoms with Crippen molar-refractivity contribution >= 4 is 12.2 Å². The molecule has 2 aromatic rings. The summed E-state index contributed by atoms with van der Waals surface area (Å²) in [5.41, 5.74) is -1.97. The minimum Gasteiger partial charge on any atom is -0.166 e. The van der Waals surface area contributed by atoms with Crippen molar-refractivity contribution in [2.24, 2.45) is 0 Å². The molecular weight excluding hydrogens is 330 g/mol. The smallest absolute Gasteiger partial charge is 0.166 e. The van der Waals surface area contributed by atoms with Crippen LogP contribution in [-0.4, -0.2) is 0 Å². The van der Waals surface area contributed by atoms with Gasteiger partial charge in [-0.15, -0.1) is 0 Å². The SMILES string of the molecule is FC(F)(F)c1cc(/C=C/C=C/c2ccccc2)cc(C(F)(F)F)c1. The first kappa shape index (κ1) is 17.8. The van der Waals surface area contributed by atoms with Gasteiger partial charge in [-0.05, 0) is 29.3 Å². The zero-order valence-corrected chi connectivity index (χ0v) is 12.2. The van der Waals surface area contributed by atoms with Gasteiger partial charge < -0.3 is 0 Å². The quantitative estimate of drug-likeness (QED) is 0.444. The summed E-state index contributed by atoms with van der Waals surface area (Å²) in [4.78, 5) is 0. The van der Waals surface area contributed by atoms with Crippen LogP contribution < -0.4 is 0 Å². The molecule has 126 valence electrons. The zero-order valence-electron chi connectivity index (χ0n) is 12.2. The highest BCUT2D eigenvalue weighted by atomic mass is 19.4. The molecule has 0 aliphatic carbocycles. The van der Waals surface area contributed by atoms with Gasteiger partial charge in [0.15, 0.2) is 0 Å². The molecule has 0 N–H and O–H groups in total. The molecule has 0 spiro atoms. The van der Waals surface area contributed by atoms with Crippen molar-refractivity contribution in [1.82, 2.24) is 0 Å². The average molecular weight is 342 g/mol. The molecule has 0 aliphatic rings. The maximum Gasteiger partial charge on any atom is 0.416 e. The lowest BCUT2D eigenvalue weighted by molar-refractivity contribution is -0.143. The van der Waals surface area contributed by atoms with Gasteiger partial charge in [-0.2, -0.15) is 26.3 Å². The molecule has 0 aromatic heterocycles. The highest BCUT2D eigenvalue weighted by Gasteiger charge is 2.36. The number of allylic oxidation sites excluding steroid dienone is 2. The van der Waals surface area contributed by atoms with E-state index in [1.807, 2.05) is 30.3 Å². The molecule has 0 amide bonds. The molecule has 0 aliphatic heterocycles. The Morgan fingerprint density at radius 1 is 0.583 bits per heavy atom. The Balaban J connectivity index is 2.29. The number of hydrogen-bond acceptors (Lipinski definition) is 0. The summed E-state index contributed by atoms with van der Waals surface area (Å²) in [5, 5.41) is 0. The fraction of sp³-hybridized carbons (Fsp3) is 0.111. The fourth-order valence-electron chi connectivity index (χ4n) is 1.97. The van der Waals surface area contributed by atoms with Gasteiger partial charge >= 0.3 is 12.4 Å². The average Bonchev–Trinajstić information content (AvgIpc) is 2.51. The Morgan fingerprint density at radius 3 is 1.50 bits per heavy atom. The molecule has 2 rings (SSSR count). The number of alkyl halides is 6. The van der Waals surface area contributed by atoms with E-state index in [1.165, 1.54) is 12.2 Å². The summed E-state index contributed by atoms with van der Waals surface area (Å²) in [6.45, 7) is 0.